The van der Waals surface area contributed by atoms with E-state index in [4.69, 9.17) is 9.47 Å². The number of hydrogen-bond acceptors (Lipinski definition) is 5. The van der Waals surface area contributed by atoms with E-state index in [2.05, 4.69) is 4.74 Å². The lowest BCUT2D eigenvalue weighted by Crippen LogP contribution is -2.32. The number of hydrogen-bond donors (Lipinski definition) is 0. The topological polar surface area (TPSA) is 65.1 Å². The van der Waals surface area contributed by atoms with Crippen molar-refractivity contribution in [2.24, 2.45) is 0 Å². The standard InChI is InChI=1S/C16H17NO5/c1-20-13-5-3-10(4-6-13)16-17-12(9-22-16)7-11(15(17)19)8-14(18)21-2/h3-7,12,16H,8-9H2,1-2H3/t12-,16+/m0/s1. The Labute approximate surface area is 128 Å². The molecule has 2 aliphatic rings. The molecular formula is C16H17NO5. The minimum Gasteiger partial charge on any atom is -0.497 e. The van der Waals surface area contributed by atoms with Gasteiger partial charge in [0.15, 0.2) is 6.23 Å². The van der Waals surface area contributed by atoms with E-state index in [0.717, 1.165) is 11.3 Å². The first-order valence-corrected chi connectivity index (χ1v) is 6.99. The predicted molar refractivity (Wildman–Crippen MR) is 77.0 cm³/mol. The SMILES string of the molecule is COC(=O)CC1=C[C@H]2CO[C@H](c3ccc(OC)cc3)N2C1=O. The molecule has 0 spiro atoms. The van der Waals surface area contributed by atoms with Gasteiger partial charge in [0.05, 0.1) is 33.3 Å². The average molecular weight is 303 g/mol. The number of ether oxygens (including phenoxy) is 3. The highest BCUT2D eigenvalue weighted by atomic mass is 16.5. The van der Waals surface area contributed by atoms with E-state index in [0.29, 0.717) is 12.2 Å². The summed E-state index contributed by atoms with van der Waals surface area (Å²) in [6, 6.07) is 7.28. The second-order valence-electron chi connectivity index (χ2n) is 5.18. The van der Waals surface area contributed by atoms with Gasteiger partial charge < -0.3 is 19.1 Å². The Kier molecular flexibility index (Phi) is 3.85. The zero-order chi connectivity index (χ0) is 15.7. The average Bonchev–Trinajstić information content (AvgIpc) is 3.08. The number of carbonyl (C=O) groups is 2. The summed E-state index contributed by atoms with van der Waals surface area (Å²) >= 11 is 0. The van der Waals surface area contributed by atoms with Gasteiger partial charge in [-0.1, -0.05) is 18.2 Å². The van der Waals surface area contributed by atoms with E-state index in [9.17, 15) is 9.59 Å². The van der Waals surface area contributed by atoms with Gasteiger partial charge in [-0.2, -0.15) is 0 Å². The summed E-state index contributed by atoms with van der Waals surface area (Å²) in [5, 5.41) is 0. The van der Waals surface area contributed by atoms with Crippen molar-refractivity contribution in [1.82, 2.24) is 4.90 Å². The Balaban J connectivity index is 1.78. The highest BCUT2D eigenvalue weighted by Crippen LogP contribution is 2.37. The smallest absolute Gasteiger partial charge is 0.310 e. The maximum atomic E-state index is 12.5. The van der Waals surface area contributed by atoms with Gasteiger partial charge in [0, 0.05) is 11.1 Å². The lowest BCUT2D eigenvalue weighted by Gasteiger charge is -2.23. The summed E-state index contributed by atoms with van der Waals surface area (Å²) in [6.07, 6.45) is 1.36. The Hall–Kier alpha value is -2.34. The Morgan fingerprint density at radius 2 is 2.05 bits per heavy atom. The molecule has 1 aromatic rings. The highest BCUT2D eigenvalue weighted by Gasteiger charge is 2.43. The minimum atomic E-state index is -0.435. The third-order valence-electron chi connectivity index (χ3n) is 3.90. The fourth-order valence-electron chi connectivity index (χ4n) is 2.77. The summed E-state index contributed by atoms with van der Waals surface area (Å²) in [5.74, 6) is 0.159. The first kappa shape index (κ1) is 14.6. The molecule has 6 heteroatoms. The first-order chi connectivity index (χ1) is 10.6. The molecule has 3 rings (SSSR count). The number of esters is 1. The normalized spacial score (nSPS) is 23.3. The number of rotatable bonds is 4. The van der Waals surface area contributed by atoms with Gasteiger partial charge in [-0.25, -0.2) is 0 Å². The maximum absolute atomic E-state index is 12.5. The number of amides is 1. The largest absolute Gasteiger partial charge is 0.497 e. The van der Waals surface area contributed by atoms with Crippen molar-refractivity contribution in [2.75, 3.05) is 20.8 Å². The Morgan fingerprint density at radius 3 is 2.68 bits per heavy atom. The van der Waals surface area contributed by atoms with Crippen LogP contribution in [0.2, 0.25) is 0 Å². The number of benzene rings is 1. The summed E-state index contributed by atoms with van der Waals surface area (Å²) in [6.45, 7) is 0.424. The van der Waals surface area contributed by atoms with Crippen LogP contribution < -0.4 is 4.74 Å². The van der Waals surface area contributed by atoms with Crippen molar-refractivity contribution in [1.29, 1.82) is 0 Å². The second-order valence-corrected chi connectivity index (χ2v) is 5.18. The molecule has 116 valence electrons. The molecule has 0 unspecified atom stereocenters. The number of nitrogens with zero attached hydrogens (tertiary/aromatic N) is 1. The molecule has 0 N–H and O–H groups in total. The Bertz CT molecular complexity index is 622. The van der Waals surface area contributed by atoms with Gasteiger partial charge >= 0.3 is 5.97 Å². The predicted octanol–water partition coefficient (Wildman–Crippen LogP) is 1.42. The molecular weight excluding hydrogens is 286 g/mol. The van der Waals surface area contributed by atoms with Gasteiger partial charge in [0.25, 0.3) is 5.91 Å². The van der Waals surface area contributed by atoms with Crippen LogP contribution in [0.3, 0.4) is 0 Å². The van der Waals surface area contributed by atoms with Crippen LogP contribution in [0.25, 0.3) is 0 Å². The molecule has 0 aromatic heterocycles. The van der Waals surface area contributed by atoms with E-state index in [1.165, 1.54) is 7.11 Å². The quantitative estimate of drug-likeness (QED) is 0.787. The lowest BCUT2D eigenvalue weighted by molar-refractivity contribution is -0.141. The monoisotopic (exact) mass is 303 g/mol. The molecule has 1 amide bonds. The van der Waals surface area contributed by atoms with Crippen LogP contribution >= 0.6 is 0 Å². The van der Waals surface area contributed by atoms with Crippen LogP contribution in [0.4, 0.5) is 0 Å². The van der Waals surface area contributed by atoms with Crippen LogP contribution in [0.5, 0.6) is 5.75 Å². The van der Waals surface area contributed by atoms with Crippen molar-refractivity contribution >= 4 is 11.9 Å². The third kappa shape index (κ3) is 2.46. The van der Waals surface area contributed by atoms with Gasteiger partial charge in [0.1, 0.15) is 5.75 Å². The number of fused-ring (bicyclic) bond motifs is 1. The molecule has 0 radical (unpaired) electrons. The minimum absolute atomic E-state index is 0.00232. The van der Waals surface area contributed by atoms with E-state index in [1.54, 1.807) is 18.1 Å². The third-order valence-corrected chi connectivity index (χ3v) is 3.90. The lowest BCUT2D eigenvalue weighted by atomic mass is 10.1. The van der Waals surface area contributed by atoms with Crippen molar-refractivity contribution in [2.45, 2.75) is 18.7 Å². The summed E-state index contributed by atoms with van der Waals surface area (Å²) < 4.78 is 15.5. The van der Waals surface area contributed by atoms with Crippen LogP contribution in [0.15, 0.2) is 35.9 Å². The molecule has 0 aliphatic carbocycles. The molecule has 1 fully saturated rings. The fraction of sp³-hybridized carbons (Fsp3) is 0.375. The van der Waals surface area contributed by atoms with Crippen molar-refractivity contribution in [3.8, 4) is 5.75 Å². The van der Waals surface area contributed by atoms with E-state index >= 15 is 0 Å². The number of carbonyl (C=O) groups excluding carboxylic acids is 2. The molecule has 2 atom stereocenters. The summed E-state index contributed by atoms with van der Waals surface area (Å²) in [4.78, 5) is 25.5. The van der Waals surface area contributed by atoms with Crippen LogP contribution in [-0.2, 0) is 19.1 Å². The summed E-state index contributed by atoms with van der Waals surface area (Å²) in [5.41, 5.74) is 1.35. The summed E-state index contributed by atoms with van der Waals surface area (Å²) in [7, 11) is 2.91. The zero-order valence-corrected chi connectivity index (χ0v) is 12.4. The first-order valence-electron chi connectivity index (χ1n) is 6.99. The van der Waals surface area contributed by atoms with E-state index < -0.39 is 12.2 Å². The fourth-order valence-corrected chi connectivity index (χ4v) is 2.77. The highest BCUT2D eigenvalue weighted by molar-refractivity contribution is 6.00. The van der Waals surface area contributed by atoms with Crippen molar-refractivity contribution < 1.29 is 23.8 Å². The van der Waals surface area contributed by atoms with Crippen molar-refractivity contribution in [3.05, 3.63) is 41.5 Å². The number of methoxy groups -OCH3 is 2. The molecule has 2 aliphatic heterocycles. The molecule has 1 aromatic carbocycles. The Morgan fingerprint density at radius 1 is 1.32 bits per heavy atom. The second kappa shape index (κ2) is 5.81. The van der Waals surface area contributed by atoms with Gasteiger partial charge in [-0.15, -0.1) is 0 Å². The molecule has 1 saturated heterocycles. The molecule has 0 saturated carbocycles. The molecule has 6 nitrogen and oxygen atoms in total. The van der Waals surface area contributed by atoms with E-state index in [1.807, 2.05) is 24.3 Å². The van der Waals surface area contributed by atoms with Gasteiger partial charge in [0.2, 0.25) is 0 Å². The molecule has 2 heterocycles. The maximum Gasteiger partial charge on any atom is 0.310 e. The van der Waals surface area contributed by atoms with E-state index in [-0.39, 0.29) is 18.4 Å². The molecule has 0 bridgehead atoms. The van der Waals surface area contributed by atoms with Gasteiger partial charge in [-0.05, 0) is 12.1 Å². The van der Waals surface area contributed by atoms with Crippen LogP contribution in [0.1, 0.15) is 18.2 Å². The van der Waals surface area contributed by atoms with Gasteiger partial charge in [-0.3, -0.25) is 9.59 Å². The zero-order valence-electron chi connectivity index (χ0n) is 12.4. The van der Waals surface area contributed by atoms with Crippen molar-refractivity contribution in [3.63, 3.8) is 0 Å². The van der Waals surface area contributed by atoms with Crippen LogP contribution in [0, 0.1) is 0 Å². The van der Waals surface area contributed by atoms with Crippen LogP contribution in [-0.4, -0.2) is 43.6 Å². The molecule has 22 heavy (non-hydrogen) atoms.